The Balaban J connectivity index is 1.40. The van der Waals surface area contributed by atoms with E-state index in [1.807, 2.05) is 55.1 Å². The Morgan fingerprint density at radius 3 is 2.36 bits per heavy atom. The van der Waals surface area contributed by atoms with Gasteiger partial charge in [0, 0.05) is 17.2 Å². The maximum absolute atomic E-state index is 13.2. The fraction of sp³-hybridized carbons (Fsp3) is 0.355. The van der Waals surface area contributed by atoms with E-state index in [2.05, 4.69) is 53.4 Å². The van der Waals surface area contributed by atoms with Crippen molar-refractivity contribution in [3.8, 4) is 6.07 Å². The standard InChI is InChI=1S/C31H32N2O2S/c1-2-35-29(34)30(25-11-4-3-5-12-25)16-19-33(20-17-30)21-18-31(23-32)26-13-7-6-10-24(26)22-36-28-15-9-8-14-27(28)31/h3-15H,2,16-22H2,1H3. The molecule has 36 heavy (non-hydrogen) atoms. The summed E-state index contributed by atoms with van der Waals surface area (Å²) in [7, 11) is 0. The third-order valence-corrected chi connectivity index (χ3v) is 9.03. The molecule has 0 N–H and O–H groups in total. The second-order valence-electron chi connectivity index (χ2n) is 9.72. The van der Waals surface area contributed by atoms with E-state index in [1.54, 1.807) is 0 Å². The van der Waals surface area contributed by atoms with Gasteiger partial charge in [-0.05, 0) is 67.6 Å². The van der Waals surface area contributed by atoms with Crippen molar-refractivity contribution in [2.24, 2.45) is 0 Å². The number of esters is 1. The van der Waals surface area contributed by atoms with Crippen LogP contribution in [0.5, 0.6) is 0 Å². The summed E-state index contributed by atoms with van der Waals surface area (Å²) in [6.45, 7) is 4.65. The molecule has 5 rings (SSSR count). The maximum atomic E-state index is 13.2. The van der Waals surface area contributed by atoms with Gasteiger partial charge in [-0.3, -0.25) is 4.79 Å². The first-order chi connectivity index (χ1) is 17.6. The molecule has 3 aromatic carbocycles. The first kappa shape index (κ1) is 24.6. The van der Waals surface area contributed by atoms with E-state index in [0.29, 0.717) is 6.61 Å². The Morgan fingerprint density at radius 1 is 0.972 bits per heavy atom. The van der Waals surface area contributed by atoms with E-state index in [4.69, 9.17) is 4.74 Å². The lowest BCUT2D eigenvalue weighted by Crippen LogP contribution is -2.49. The first-order valence-corrected chi connectivity index (χ1v) is 13.8. The fourth-order valence-corrected chi connectivity index (χ4v) is 7.01. The molecular formula is C31H32N2O2S. The van der Waals surface area contributed by atoms with Crippen LogP contribution in [0.25, 0.3) is 0 Å². The monoisotopic (exact) mass is 496 g/mol. The highest BCUT2D eigenvalue weighted by atomic mass is 32.2. The second-order valence-corrected chi connectivity index (χ2v) is 10.7. The van der Waals surface area contributed by atoms with Gasteiger partial charge in [-0.15, -0.1) is 11.8 Å². The minimum absolute atomic E-state index is 0.118. The van der Waals surface area contributed by atoms with Crippen molar-refractivity contribution in [3.63, 3.8) is 0 Å². The third kappa shape index (κ3) is 4.34. The number of rotatable bonds is 6. The summed E-state index contributed by atoms with van der Waals surface area (Å²) < 4.78 is 5.55. The predicted octanol–water partition coefficient (Wildman–Crippen LogP) is 6.09. The first-order valence-electron chi connectivity index (χ1n) is 12.8. The fourth-order valence-electron chi connectivity index (χ4n) is 5.88. The summed E-state index contributed by atoms with van der Waals surface area (Å²) in [5, 5.41) is 10.7. The van der Waals surface area contributed by atoms with Crippen LogP contribution < -0.4 is 0 Å². The molecule has 0 aromatic heterocycles. The van der Waals surface area contributed by atoms with Gasteiger partial charge in [0.15, 0.2) is 0 Å². The van der Waals surface area contributed by atoms with Crippen LogP contribution in [-0.2, 0) is 26.1 Å². The molecule has 0 saturated carbocycles. The van der Waals surface area contributed by atoms with Crippen molar-refractivity contribution < 1.29 is 9.53 Å². The van der Waals surface area contributed by atoms with E-state index in [9.17, 15) is 10.1 Å². The zero-order chi connectivity index (χ0) is 25.0. The number of hydrogen-bond donors (Lipinski definition) is 0. The number of nitrogens with zero attached hydrogens (tertiary/aromatic N) is 2. The van der Waals surface area contributed by atoms with Crippen LogP contribution in [0.2, 0.25) is 0 Å². The summed E-state index contributed by atoms with van der Waals surface area (Å²) >= 11 is 1.82. The molecule has 0 aliphatic carbocycles. The highest BCUT2D eigenvalue weighted by Crippen LogP contribution is 2.46. The molecule has 0 spiro atoms. The Hall–Kier alpha value is -3.07. The molecule has 184 valence electrons. The molecule has 0 amide bonds. The Kier molecular flexibility index (Phi) is 7.18. The van der Waals surface area contributed by atoms with Gasteiger partial charge in [-0.1, -0.05) is 72.8 Å². The van der Waals surface area contributed by atoms with Crippen molar-refractivity contribution in [3.05, 3.63) is 101 Å². The number of likely N-dealkylation sites (tertiary alicyclic amines) is 1. The molecule has 1 saturated heterocycles. The SMILES string of the molecule is CCOC(=O)C1(c2ccccc2)CCN(CCC2(C#N)c3ccccc3CSc3ccccc32)CC1. The van der Waals surface area contributed by atoms with Crippen LogP contribution in [0.15, 0.2) is 83.8 Å². The van der Waals surface area contributed by atoms with Gasteiger partial charge in [-0.25, -0.2) is 0 Å². The molecule has 3 aromatic rings. The van der Waals surface area contributed by atoms with Gasteiger partial charge in [0.1, 0.15) is 5.41 Å². The molecule has 5 heteroatoms. The van der Waals surface area contributed by atoms with E-state index in [0.717, 1.165) is 61.3 Å². The second kappa shape index (κ2) is 10.5. The number of carbonyl (C=O) groups excluding carboxylic acids is 1. The van der Waals surface area contributed by atoms with Gasteiger partial charge >= 0.3 is 5.97 Å². The van der Waals surface area contributed by atoms with Gasteiger partial charge in [0.25, 0.3) is 0 Å². The number of piperidine rings is 1. The summed E-state index contributed by atoms with van der Waals surface area (Å²) in [6, 6.07) is 29.7. The summed E-state index contributed by atoms with van der Waals surface area (Å²) in [5.74, 6) is 0.757. The topological polar surface area (TPSA) is 53.3 Å². The Bertz CT molecular complexity index is 1210. The highest BCUT2D eigenvalue weighted by Gasteiger charge is 2.45. The summed E-state index contributed by atoms with van der Waals surface area (Å²) in [4.78, 5) is 16.8. The van der Waals surface area contributed by atoms with Crippen LogP contribution in [0.1, 0.15) is 48.4 Å². The Morgan fingerprint density at radius 2 is 1.64 bits per heavy atom. The van der Waals surface area contributed by atoms with Crippen molar-refractivity contribution in [2.75, 3.05) is 26.2 Å². The van der Waals surface area contributed by atoms with Crippen molar-refractivity contribution in [2.45, 2.75) is 47.7 Å². The number of nitriles is 1. The van der Waals surface area contributed by atoms with Crippen LogP contribution in [0, 0.1) is 11.3 Å². The van der Waals surface area contributed by atoms with E-state index in [-0.39, 0.29) is 5.97 Å². The zero-order valence-electron chi connectivity index (χ0n) is 20.8. The normalized spacial score (nSPS) is 20.9. The minimum Gasteiger partial charge on any atom is -0.465 e. The van der Waals surface area contributed by atoms with Crippen LogP contribution in [-0.4, -0.2) is 37.1 Å². The van der Waals surface area contributed by atoms with E-state index in [1.165, 1.54) is 10.5 Å². The van der Waals surface area contributed by atoms with Gasteiger partial charge in [0.05, 0.1) is 18.1 Å². The number of fused-ring (bicyclic) bond motifs is 2. The van der Waals surface area contributed by atoms with Crippen molar-refractivity contribution in [1.82, 2.24) is 4.90 Å². The average Bonchev–Trinajstić information content (AvgIpc) is 3.08. The number of carbonyl (C=O) groups is 1. The van der Waals surface area contributed by atoms with E-state index < -0.39 is 10.8 Å². The highest BCUT2D eigenvalue weighted by molar-refractivity contribution is 7.98. The van der Waals surface area contributed by atoms with Gasteiger partial charge in [-0.2, -0.15) is 5.26 Å². The molecule has 1 fully saturated rings. The minimum atomic E-state index is -0.689. The number of thioether (sulfide) groups is 1. The molecule has 2 aliphatic rings. The van der Waals surface area contributed by atoms with Crippen molar-refractivity contribution in [1.29, 1.82) is 5.26 Å². The number of hydrogen-bond acceptors (Lipinski definition) is 5. The summed E-state index contributed by atoms with van der Waals surface area (Å²) in [5.41, 5.74) is 3.24. The van der Waals surface area contributed by atoms with Crippen molar-refractivity contribution >= 4 is 17.7 Å². The number of ether oxygens (including phenoxy) is 1. The lowest BCUT2D eigenvalue weighted by atomic mass is 9.70. The predicted molar refractivity (Wildman–Crippen MR) is 144 cm³/mol. The smallest absolute Gasteiger partial charge is 0.316 e. The van der Waals surface area contributed by atoms with Crippen LogP contribution in [0.3, 0.4) is 0 Å². The van der Waals surface area contributed by atoms with Crippen LogP contribution in [0.4, 0.5) is 0 Å². The van der Waals surface area contributed by atoms with Crippen LogP contribution >= 0.6 is 11.8 Å². The zero-order valence-corrected chi connectivity index (χ0v) is 21.6. The molecule has 1 atom stereocenters. The number of benzene rings is 3. The quantitative estimate of drug-likeness (QED) is 0.387. The summed E-state index contributed by atoms with van der Waals surface area (Å²) in [6.07, 6.45) is 2.16. The largest absolute Gasteiger partial charge is 0.465 e. The molecule has 2 heterocycles. The lowest BCUT2D eigenvalue weighted by molar-refractivity contribution is -0.152. The van der Waals surface area contributed by atoms with Gasteiger partial charge in [0.2, 0.25) is 0 Å². The van der Waals surface area contributed by atoms with Gasteiger partial charge < -0.3 is 9.64 Å². The molecule has 4 nitrogen and oxygen atoms in total. The van der Waals surface area contributed by atoms with E-state index >= 15 is 0 Å². The lowest BCUT2D eigenvalue weighted by Gasteiger charge is -2.41. The third-order valence-electron chi connectivity index (χ3n) is 7.90. The molecule has 2 aliphatic heterocycles. The molecule has 0 radical (unpaired) electrons. The Labute approximate surface area is 218 Å². The maximum Gasteiger partial charge on any atom is 0.316 e. The molecule has 1 unspecified atom stereocenters. The molecular weight excluding hydrogens is 464 g/mol. The average molecular weight is 497 g/mol. The molecule has 0 bridgehead atoms.